The molecule has 0 radical (unpaired) electrons. The number of likely N-dealkylation sites (tertiary alicyclic amines) is 1. The Balaban J connectivity index is 2.46. The van der Waals surface area contributed by atoms with Crippen LogP contribution in [0.4, 0.5) is 0 Å². The molecular weight excluding hydrogens is 202 g/mol. The van der Waals surface area contributed by atoms with Crippen molar-refractivity contribution < 1.29 is 9.90 Å². The van der Waals surface area contributed by atoms with Crippen LogP contribution >= 0.6 is 0 Å². The van der Waals surface area contributed by atoms with Crippen molar-refractivity contribution in [3.63, 3.8) is 0 Å². The molecule has 3 atom stereocenters. The molecule has 2 bridgehead atoms. The molecule has 0 spiro atoms. The molecule has 2 fully saturated rings. The zero-order valence-electron chi connectivity index (χ0n) is 10.2. The second kappa shape index (κ2) is 3.24. The highest BCUT2D eigenvalue weighted by Gasteiger charge is 2.62. The number of piperidine rings is 1. The summed E-state index contributed by atoms with van der Waals surface area (Å²) in [5.74, 6) is 2.45. The molecule has 2 aliphatic rings. The first kappa shape index (κ1) is 11.5. The predicted octanol–water partition coefficient (Wildman–Crippen LogP) is 1.73. The Kier molecular flexibility index (Phi) is 2.32. The molecule has 88 valence electrons. The van der Waals surface area contributed by atoms with E-state index in [1.165, 1.54) is 0 Å². The van der Waals surface area contributed by atoms with E-state index in [1.54, 1.807) is 0 Å². The van der Waals surface area contributed by atoms with E-state index in [0.29, 0.717) is 12.3 Å². The van der Waals surface area contributed by atoms with E-state index < -0.39 is 11.5 Å². The molecule has 1 heterocycles. The van der Waals surface area contributed by atoms with Gasteiger partial charge in [0.25, 0.3) is 0 Å². The molecule has 1 saturated carbocycles. The molecule has 1 aliphatic carbocycles. The van der Waals surface area contributed by atoms with Crippen molar-refractivity contribution in [1.29, 1.82) is 0 Å². The standard InChI is InChI=1S/C13H19NO2/c1-5-10-9-6-7-13(8-9,11(15)16)14(10)12(2,3)4/h1,9-10H,6-8H2,2-4H3,(H,15,16)/t9-,10+,13+/m0/s1. The van der Waals surface area contributed by atoms with Gasteiger partial charge in [0.15, 0.2) is 0 Å². The van der Waals surface area contributed by atoms with Crippen LogP contribution in [0.3, 0.4) is 0 Å². The van der Waals surface area contributed by atoms with Crippen LogP contribution in [0.5, 0.6) is 0 Å². The van der Waals surface area contributed by atoms with Gasteiger partial charge in [-0.2, -0.15) is 0 Å². The maximum absolute atomic E-state index is 11.6. The van der Waals surface area contributed by atoms with Crippen molar-refractivity contribution >= 4 is 5.97 Å². The van der Waals surface area contributed by atoms with E-state index >= 15 is 0 Å². The Bertz CT molecular complexity index is 363. The van der Waals surface area contributed by atoms with E-state index in [0.717, 1.165) is 12.8 Å². The zero-order valence-corrected chi connectivity index (χ0v) is 10.2. The summed E-state index contributed by atoms with van der Waals surface area (Å²) in [6.45, 7) is 6.13. The number of terminal acetylenes is 1. The number of hydrogen-bond donors (Lipinski definition) is 1. The maximum Gasteiger partial charge on any atom is 0.324 e. The largest absolute Gasteiger partial charge is 0.480 e. The molecule has 1 N–H and O–H groups in total. The fourth-order valence-electron chi connectivity index (χ4n) is 3.59. The molecule has 2 rings (SSSR count). The minimum atomic E-state index is -0.708. The van der Waals surface area contributed by atoms with E-state index in [4.69, 9.17) is 6.42 Å². The van der Waals surface area contributed by atoms with Crippen LogP contribution in [0.2, 0.25) is 0 Å². The zero-order chi connectivity index (χ0) is 12.1. The molecule has 3 nitrogen and oxygen atoms in total. The highest BCUT2D eigenvalue weighted by Crippen LogP contribution is 2.53. The summed E-state index contributed by atoms with van der Waals surface area (Å²) >= 11 is 0. The molecule has 16 heavy (non-hydrogen) atoms. The first-order chi connectivity index (χ1) is 7.33. The average Bonchev–Trinajstić information content (AvgIpc) is 2.71. The van der Waals surface area contributed by atoms with Crippen LogP contribution in [-0.2, 0) is 4.79 Å². The molecule has 0 aromatic rings. The summed E-state index contributed by atoms with van der Waals surface area (Å²) in [6.07, 6.45) is 7.99. The number of aliphatic carboxylic acids is 1. The van der Waals surface area contributed by atoms with Crippen molar-refractivity contribution in [3.8, 4) is 12.3 Å². The number of nitrogens with zero attached hydrogens (tertiary/aromatic N) is 1. The molecule has 0 aromatic heterocycles. The SMILES string of the molecule is C#C[C@@H]1[C@H]2CC[C@](C(=O)O)(C2)N1C(C)(C)C. The van der Waals surface area contributed by atoms with E-state index in [1.807, 2.05) is 20.8 Å². The van der Waals surface area contributed by atoms with Gasteiger partial charge in [-0.25, -0.2) is 0 Å². The van der Waals surface area contributed by atoms with Crippen LogP contribution < -0.4 is 0 Å². The van der Waals surface area contributed by atoms with Crippen LogP contribution in [0.1, 0.15) is 40.0 Å². The molecule has 3 heteroatoms. The summed E-state index contributed by atoms with van der Waals surface area (Å²) in [5.41, 5.74) is -0.898. The second-order valence-corrected chi connectivity index (χ2v) is 5.99. The fourth-order valence-corrected chi connectivity index (χ4v) is 3.59. The Morgan fingerprint density at radius 1 is 1.56 bits per heavy atom. The van der Waals surface area contributed by atoms with Gasteiger partial charge in [0, 0.05) is 5.54 Å². The Hall–Kier alpha value is -1.01. The average molecular weight is 221 g/mol. The third-order valence-corrected chi connectivity index (χ3v) is 4.01. The second-order valence-electron chi connectivity index (χ2n) is 5.99. The highest BCUT2D eigenvalue weighted by atomic mass is 16.4. The maximum atomic E-state index is 11.6. The molecular formula is C13H19NO2. The summed E-state index contributed by atoms with van der Waals surface area (Å²) < 4.78 is 0. The van der Waals surface area contributed by atoms with Gasteiger partial charge in [-0.05, 0) is 46.0 Å². The molecule has 1 saturated heterocycles. The number of carboxylic acid groups (broad SMARTS) is 1. The van der Waals surface area contributed by atoms with E-state index in [-0.39, 0.29) is 11.6 Å². The fraction of sp³-hybridized carbons (Fsp3) is 0.769. The molecule has 0 amide bonds. The first-order valence-electron chi connectivity index (χ1n) is 5.82. The topological polar surface area (TPSA) is 40.5 Å². The number of rotatable bonds is 1. The lowest BCUT2D eigenvalue weighted by Gasteiger charge is -2.47. The Morgan fingerprint density at radius 2 is 2.19 bits per heavy atom. The van der Waals surface area contributed by atoms with E-state index in [9.17, 15) is 9.90 Å². The van der Waals surface area contributed by atoms with Gasteiger partial charge in [-0.3, -0.25) is 9.69 Å². The normalized spacial score (nSPS) is 38.6. The third kappa shape index (κ3) is 1.29. The monoisotopic (exact) mass is 221 g/mol. The molecule has 1 aliphatic heterocycles. The third-order valence-electron chi connectivity index (χ3n) is 4.01. The summed E-state index contributed by atoms with van der Waals surface area (Å²) in [6, 6.07) is -0.00940. The smallest absolute Gasteiger partial charge is 0.324 e. The summed E-state index contributed by atoms with van der Waals surface area (Å²) in [5, 5.41) is 9.53. The number of fused-ring (bicyclic) bond motifs is 2. The van der Waals surface area contributed by atoms with Crippen LogP contribution in [0.15, 0.2) is 0 Å². The Morgan fingerprint density at radius 3 is 2.62 bits per heavy atom. The Labute approximate surface area is 96.8 Å². The quantitative estimate of drug-likeness (QED) is 0.685. The van der Waals surface area contributed by atoms with Crippen molar-refractivity contribution in [1.82, 2.24) is 4.90 Å². The summed E-state index contributed by atoms with van der Waals surface area (Å²) in [4.78, 5) is 13.6. The molecule has 0 aromatic carbocycles. The van der Waals surface area contributed by atoms with Gasteiger partial charge < -0.3 is 5.11 Å². The summed E-state index contributed by atoms with van der Waals surface area (Å²) in [7, 11) is 0. The first-order valence-corrected chi connectivity index (χ1v) is 5.82. The van der Waals surface area contributed by atoms with Crippen LogP contribution in [0, 0.1) is 18.3 Å². The van der Waals surface area contributed by atoms with Gasteiger partial charge in [0.1, 0.15) is 5.54 Å². The van der Waals surface area contributed by atoms with Crippen molar-refractivity contribution in [3.05, 3.63) is 0 Å². The highest BCUT2D eigenvalue weighted by molar-refractivity contribution is 5.80. The van der Waals surface area contributed by atoms with Gasteiger partial charge in [0.2, 0.25) is 0 Å². The number of carbonyl (C=O) groups is 1. The predicted molar refractivity (Wildman–Crippen MR) is 61.9 cm³/mol. The van der Waals surface area contributed by atoms with Crippen molar-refractivity contribution in [2.24, 2.45) is 5.92 Å². The van der Waals surface area contributed by atoms with Crippen LogP contribution in [0.25, 0.3) is 0 Å². The van der Waals surface area contributed by atoms with Crippen LogP contribution in [-0.4, -0.2) is 33.1 Å². The van der Waals surface area contributed by atoms with Gasteiger partial charge >= 0.3 is 5.97 Å². The lowest BCUT2D eigenvalue weighted by molar-refractivity contribution is -0.154. The lowest BCUT2D eigenvalue weighted by atomic mass is 9.89. The van der Waals surface area contributed by atoms with Crippen molar-refractivity contribution in [2.75, 3.05) is 0 Å². The number of hydrogen-bond acceptors (Lipinski definition) is 2. The number of carboxylic acids is 1. The molecule has 0 unspecified atom stereocenters. The van der Waals surface area contributed by atoms with E-state index in [2.05, 4.69) is 10.8 Å². The minimum Gasteiger partial charge on any atom is -0.480 e. The van der Waals surface area contributed by atoms with Crippen molar-refractivity contribution in [2.45, 2.75) is 57.2 Å². The van der Waals surface area contributed by atoms with Gasteiger partial charge in [-0.15, -0.1) is 6.42 Å². The lowest BCUT2D eigenvalue weighted by Crippen LogP contribution is -2.61. The van der Waals surface area contributed by atoms with Gasteiger partial charge in [-0.1, -0.05) is 5.92 Å². The van der Waals surface area contributed by atoms with Gasteiger partial charge in [0.05, 0.1) is 6.04 Å². The minimum absolute atomic E-state index is 0.00940.